The highest BCUT2D eigenvalue weighted by Crippen LogP contribution is 2.38. The largest absolute Gasteiger partial charge is 0.417 e. The Morgan fingerprint density at radius 2 is 1.42 bits per heavy atom. The van der Waals surface area contributed by atoms with Crippen LogP contribution in [-0.4, -0.2) is 35.6 Å². The van der Waals surface area contributed by atoms with Crippen molar-refractivity contribution in [2.45, 2.75) is 96.8 Å². The van der Waals surface area contributed by atoms with Crippen LogP contribution in [0.1, 0.15) is 54.4 Å². The second-order valence-electron chi connectivity index (χ2n) is 9.69. The van der Waals surface area contributed by atoms with Crippen LogP contribution >= 0.6 is 0 Å². The molecule has 0 rings (SSSR count). The van der Waals surface area contributed by atoms with Crippen molar-refractivity contribution >= 4 is 22.9 Å². The van der Waals surface area contributed by atoms with Crippen molar-refractivity contribution in [1.82, 2.24) is 0 Å². The van der Waals surface area contributed by atoms with Crippen LogP contribution in [0, 0.1) is 0 Å². The van der Waals surface area contributed by atoms with Crippen LogP contribution < -0.4 is 0 Å². The number of carbonyl (C=O) groups excluding carboxylic acids is 1. The molecule has 0 amide bonds. The Labute approximate surface area is 152 Å². The van der Waals surface area contributed by atoms with Gasteiger partial charge in [0.2, 0.25) is 0 Å². The molecule has 0 saturated carbocycles. The predicted octanol–water partition coefficient (Wildman–Crippen LogP) is 5.93. The third-order valence-electron chi connectivity index (χ3n) is 5.56. The van der Waals surface area contributed by atoms with Crippen LogP contribution in [0.2, 0.25) is 36.3 Å². The fourth-order valence-electron chi connectivity index (χ4n) is 1.75. The molecule has 0 heterocycles. The standard InChI is InChI=1S/C19H40O3Si2/c1-18(2,3)23(7,8)21-16-12-14-17(13-11-15-20)22-24(9,10)19(4,5)6/h11,13,15,17H,12,14,16H2,1-10H3. The average Bonchev–Trinajstić information content (AvgIpc) is 2.37. The van der Waals surface area contributed by atoms with Crippen LogP contribution in [0.15, 0.2) is 12.2 Å². The lowest BCUT2D eigenvalue weighted by atomic mass is 10.2. The highest BCUT2D eigenvalue weighted by atomic mass is 28.4. The summed E-state index contributed by atoms with van der Waals surface area (Å²) in [5.74, 6) is 0. The highest BCUT2D eigenvalue weighted by molar-refractivity contribution is 6.74. The molecular weight excluding hydrogens is 332 g/mol. The zero-order valence-corrected chi connectivity index (χ0v) is 19.7. The number of hydrogen-bond donors (Lipinski definition) is 0. The summed E-state index contributed by atoms with van der Waals surface area (Å²) in [6, 6.07) is 0. The van der Waals surface area contributed by atoms with E-state index >= 15 is 0 Å². The van der Waals surface area contributed by atoms with Gasteiger partial charge in [0.1, 0.15) is 6.29 Å². The Balaban J connectivity index is 4.67. The van der Waals surface area contributed by atoms with E-state index in [4.69, 9.17) is 8.85 Å². The Bertz CT molecular complexity index is 415. The molecule has 0 N–H and O–H groups in total. The summed E-state index contributed by atoms with van der Waals surface area (Å²) >= 11 is 0. The van der Waals surface area contributed by atoms with Gasteiger partial charge in [0.15, 0.2) is 16.6 Å². The quantitative estimate of drug-likeness (QED) is 0.218. The van der Waals surface area contributed by atoms with Gasteiger partial charge in [-0.2, -0.15) is 0 Å². The summed E-state index contributed by atoms with van der Waals surface area (Å²) in [6.45, 7) is 23.3. The van der Waals surface area contributed by atoms with E-state index in [-0.39, 0.29) is 16.2 Å². The minimum absolute atomic E-state index is 0.000827. The average molecular weight is 373 g/mol. The number of hydrogen-bond acceptors (Lipinski definition) is 3. The van der Waals surface area contributed by atoms with Crippen LogP contribution in [-0.2, 0) is 13.6 Å². The summed E-state index contributed by atoms with van der Waals surface area (Å²) in [5.41, 5.74) is 0. The van der Waals surface area contributed by atoms with E-state index in [2.05, 4.69) is 67.7 Å². The van der Waals surface area contributed by atoms with Gasteiger partial charge in [-0.15, -0.1) is 0 Å². The van der Waals surface area contributed by atoms with Crippen LogP contribution in [0.25, 0.3) is 0 Å². The molecule has 0 bridgehead atoms. The first-order valence-electron chi connectivity index (χ1n) is 9.08. The van der Waals surface area contributed by atoms with Gasteiger partial charge in [-0.05, 0) is 55.2 Å². The monoisotopic (exact) mass is 372 g/mol. The van der Waals surface area contributed by atoms with Gasteiger partial charge in [-0.25, -0.2) is 0 Å². The molecule has 0 fully saturated rings. The fourth-order valence-corrected chi connectivity index (χ4v) is 4.14. The molecule has 24 heavy (non-hydrogen) atoms. The maximum Gasteiger partial charge on any atom is 0.192 e. The third-order valence-corrected chi connectivity index (χ3v) is 14.6. The summed E-state index contributed by atoms with van der Waals surface area (Å²) in [7, 11) is -3.53. The van der Waals surface area contributed by atoms with E-state index in [1.165, 1.54) is 0 Å². The number of allylic oxidation sites excluding steroid dienone is 1. The smallest absolute Gasteiger partial charge is 0.192 e. The Kier molecular flexibility index (Phi) is 8.83. The van der Waals surface area contributed by atoms with Gasteiger partial charge in [0.05, 0.1) is 6.10 Å². The molecule has 0 aromatic carbocycles. The molecular formula is C19H40O3Si2. The second-order valence-corrected chi connectivity index (χ2v) is 19.3. The highest BCUT2D eigenvalue weighted by Gasteiger charge is 2.39. The first-order chi connectivity index (χ1) is 10.6. The molecule has 0 saturated heterocycles. The minimum atomic E-state index is -1.84. The zero-order valence-electron chi connectivity index (χ0n) is 17.7. The van der Waals surface area contributed by atoms with Gasteiger partial charge < -0.3 is 8.85 Å². The van der Waals surface area contributed by atoms with Gasteiger partial charge in [-0.1, -0.05) is 47.6 Å². The van der Waals surface area contributed by atoms with Crippen LogP contribution in [0.5, 0.6) is 0 Å². The van der Waals surface area contributed by atoms with Crippen molar-refractivity contribution in [2.75, 3.05) is 6.61 Å². The van der Waals surface area contributed by atoms with Gasteiger partial charge in [-0.3, -0.25) is 4.79 Å². The maximum atomic E-state index is 10.7. The molecule has 3 nitrogen and oxygen atoms in total. The molecule has 0 aliphatic rings. The van der Waals surface area contributed by atoms with Crippen molar-refractivity contribution in [3.63, 3.8) is 0 Å². The van der Waals surface area contributed by atoms with Gasteiger partial charge >= 0.3 is 0 Å². The summed E-state index contributed by atoms with van der Waals surface area (Å²) in [4.78, 5) is 10.7. The Morgan fingerprint density at radius 3 is 1.83 bits per heavy atom. The lowest BCUT2D eigenvalue weighted by Gasteiger charge is -2.39. The van der Waals surface area contributed by atoms with E-state index in [0.717, 1.165) is 25.7 Å². The minimum Gasteiger partial charge on any atom is -0.417 e. The van der Waals surface area contributed by atoms with E-state index in [1.807, 2.05) is 6.08 Å². The van der Waals surface area contributed by atoms with E-state index in [1.54, 1.807) is 6.08 Å². The lowest BCUT2D eigenvalue weighted by molar-refractivity contribution is -0.104. The maximum absolute atomic E-state index is 10.7. The predicted molar refractivity (Wildman–Crippen MR) is 110 cm³/mol. The van der Waals surface area contributed by atoms with Crippen molar-refractivity contribution < 1.29 is 13.6 Å². The van der Waals surface area contributed by atoms with E-state index in [9.17, 15) is 4.79 Å². The SMILES string of the molecule is CC(C)(C)[Si](C)(C)OCCCC(C=CC=O)O[Si](C)(C)C(C)(C)C. The van der Waals surface area contributed by atoms with E-state index < -0.39 is 16.6 Å². The number of rotatable bonds is 9. The van der Waals surface area contributed by atoms with Gasteiger partial charge in [0.25, 0.3) is 0 Å². The normalized spacial score (nSPS) is 15.8. The molecule has 0 aliphatic carbocycles. The third kappa shape index (κ3) is 7.76. The number of carbonyl (C=O) groups is 1. The van der Waals surface area contributed by atoms with Crippen molar-refractivity contribution in [3.8, 4) is 0 Å². The molecule has 0 aromatic heterocycles. The molecule has 0 spiro atoms. The molecule has 0 radical (unpaired) electrons. The molecule has 5 heteroatoms. The topological polar surface area (TPSA) is 35.5 Å². The zero-order chi connectivity index (χ0) is 19.2. The first kappa shape index (κ1) is 23.8. The first-order valence-corrected chi connectivity index (χ1v) is 14.9. The van der Waals surface area contributed by atoms with Crippen LogP contribution in [0.4, 0.5) is 0 Å². The number of aldehydes is 1. The summed E-state index contributed by atoms with van der Waals surface area (Å²) < 4.78 is 12.7. The van der Waals surface area contributed by atoms with Crippen LogP contribution in [0.3, 0.4) is 0 Å². The van der Waals surface area contributed by atoms with Crippen molar-refractivity contribution in [2.24, 2.45) is 0 Å². The molecule has 0 aromatic rings. The van der Waals surface area contributed by atoms with Crippen molar-refractivity contribution in [3.05, 3.63) is 12.2 Å². The Hall–Kier alpha value is -0.236. The molecule has 1 unspecified atom stereocenters. The van der Waals surface area contributed by atoms with E-state index in [0.29, 0.717) is 0 Å². The fraction of sp³-hybridized carbons (Fsp3) is 0.842. The molecule has 142 valence electrons. The molecule has 0 aliphatic heterocycles. The summed E-state index contributed by atoms with van der Waals surface area (Å²) in [6.07, 6.45) is 6.14. The van der Waals surface area contributed by atoms with Crippen molar-refractivity contribution in [1.29, 1.82) is 0 Å². The second kappa shape index (κ2) is 8.92. The van der Waals surface area contributed by atoms with Gasteiger partial charge in [0, 0.05) is 6.61 Å². The molecule has 1 atom stereocenters. The summed E-state index contributed by atoms with van der Waals surface area (Å²) in [5, 5.41) is 0.402. The Morgan fingerprint density at radius 1 is 0.917 bits per heavy atom. The lowest BCUT2D eigenvalue weighted by Crippen LogP contribution is -2.43.